The molecule has 7 aromatic rings. The number of para-hydroxylation sites is 3. The van der Waals surface area contributed by atoms with E-state index in [-0.39, 0.29) is 0 Å². The predicted octanol–water partition coefficient (Wildman–Crippen LogP) is 8.20. The summed E-state index contributed by atoms with van der Waals surface area (Å²) in [6.45, 7) is 0. The van der Waals surface area contributed by atoms with Crippen molar-refractivity contribution in [2.75, 3.05) is 0 Å². The zero-order chi connectivity index (χ0) is 27.3. The number of fused-ring (bicyclic) bond motifs is 11. The lowest BCUT2D eigenvalue weighted by Crippen LogP contribution is -2.48. The van der Waals surface area contributed by atoms with Crippen molar-refractivity contribution < 1.29 is 4.57 Å². The van der Waals surface area contributed by atoms with Crippen LogP contribution in [-0.4, -0.2) is 4.57 Å². The third kappa shape index (κ3) is 2.76. The van der Waals surface area contributed by atoms with Crippen LogP contribution in [0.3, 0.4) is 0 Å². The Kier molecular flexibility index (Phi) is 4.70. The van der Waals surface area contributed by atoms with Crippen LogP contribution in [0.5, 0.6) is 0 Å². The quantitative estimate of drug-likeness (QED) is 0.172. The first-order valence-corrected chi connectivity index (χ1v) is 16.3. The van der Waals surface area contributed by atoms with Gasteiger partial charge in [0.05, 0.1) is 22.1 Å². The largest absolute Gasteiger partial charge is 0.309 e. The summed E-state index contributed by atoms with van der Waals surface area (Å²) in [5, 5.41) is 5.14. The van der Waals surface area contributed by atoms with Gasteiger partial charge in [-0.25, -0.2) is 0 Å². The molecule has 6 aromatic carbocycles. The lowest BCUT2D eigenvalue weighted by Gasteiger charge is -2.47. The molecule has 2 nitrogen and oxygen atoms in total. The van der Waals surface area contributed by atoms with Crippen LogP contribution in [0, 0.1) is 0 Å². The minimum Gasteiger partial charge on any atom is -0.309 e. The van der Waals surface area contributed by atoms with Crippen LogP contribution in [0.25, 0.3) is 27.5 Å². The van der Waals surface area contributed by atoms with Gasteiger partial charge >= 0.3 is 0 Å². The van der Waals surface area contributed by atoms with Gasteiger partial charge in [-0.1, -0.05) is 131 Å². The number of nitrogens with zero attached hydrogens (tertiary/aromatic N) is 1. The van der Waals surface area contributed by atoms with Crippen molar-refractivity contribution >= 4 is 60.8 Å². The molecule has 0 radical (unpaired) electrons. The molecule has 9 rings (SSSR count). The smallest absolute Gasteiger partial charge is 0.171 e. The van der Waals surface area contributed by atoms with Crippen LogP contribution in [0.15, 0.2) is 144 Å². The van der Waals surface area contributed by atoms with Crippen molar-refractivity contribution in [3.8, 4) is 5.69 Å². The van der Waals surface area contributed by atoms with Gasteiger partial charge in [0.15, 0.2) is 7.14 Å². The van der Waals surface area contributed by atoms with Crippen LogP contribution >= 0.6 is 23.1 Å². The maximum Gasteiger partial charge on any atom is 0.171 e. The fraction of sp³-hybridized carbons (Fsp3) is 0.0270. The molecule has 0 amide bonds. The molecule has 0 bridgehead atoms. The summed E-state index contributed by atoms with van der Waals surface area (Å²) in [5.74, 6) is 0. The van der Waals surface area contributed by atoms with Crippen LogP contribution < -0.4 is 15.9 Å². The van der Waals surface area contributed by atoms with Gasteiger partial charge in [0.1, 0.15) is 0 Å². The van der Waals surface area contributed by atoms with E-state index in [1.54, 1.807) is 0 Å². The van der Waals surface area contributed by atoms with Gasteiger partial charge in [-0.2, -0.15) is 0 Å². The molecule has 2 aliphatic rings. The molecular formula is C37H23BrNOP. The Balaban J connectivity index is 1.56. The van der Waals surface area contributed by atoms with Crippen molar-refractivity contribution in [1.29, 1.82) is 0 Å². The molecule has 2 unspecified atom stereocenters. The highest BCUT2D eigenvalue weighted by atomic mass is 79.9. The number of hydrogen-bond acceptors (Lipinski definition) is 1. The Morgan fingerprint density at radius 1 is 0.561 bits per heavy atom. The molecule has 4 heteroatoms. The second-order valence-electron chi connectivity index (χ2n) is 10.9. The molecule has 194 valence electrons. The average Bonchev–Trinajstić information content (AvgIpc) is 3.37. The third-order valence-corrected chi connectivity index (χ3v) is 12.8. The van der Waals surface area contributed by atoms with E-state index >= 15 is 4.57 Å². The zero-order valence-electron chi connectivity index (χ0n) is 22.0. The van der Waals surface area contributed by atoms with Gasteiger partial charge in [-0.3, -0.25) is 0 Å². The van der Waals surface area contributed by atoms with Crippen LogP contribution in [-0.2, 0) is 9.98 Å². The summed E-state index contributed by atoms with van der Waals surface area (Å²) in [6.07, 6.45) is 0. The second kappa shape index (κ2) is 8.19. The average molecular weight is 608 g/mol. The number of hydrogen-bond donors (Lipinski definition) is 0. The van der Waals surface area contributed by atoms with Crippen LogP contribution in [0.4, 0.5) is 0 Å². The number of rotatable bonds is 1. The minimum atomic E-state index is -3.20. The Morgan fingerprint density at radius 3 is 2.10 bits per heavy atom. The van der Waals surface area contributed by atoms with Gasteiger partial charge in [0.25, 0.3) is 0 Å². The molecular weight excluding hydrogens is 585 g/mol. The Labute approximate surface area is 246 Å². The van der Waals surface area contributed by atoms with Crippen LogP contribution in [0.2, 0.25) is 0 Å². The molecule has 2 aliphatic heterocycles. The van der Waals surface area contributed by atoms with Crippen molar-refractivity contribution in [2.45, 2.75) is 5.41 Å². The number of halogens is 1. The Hall–Kier alpha value is -4.17. The van der Waals surface area contributed by atoms with E-state index in [2.05, 4.69) is 124 Å². The van der Waals surface area contributed by atoms with E-state index < -0.39 is 12.6 Å². The first-order chi connectivity index (χ1) is 20.1. The highest BCUT2D eigenvalue weighted by Gasteiger charge is 2.54. The Morgan fingerprint density at radius 2 is 1.22 bits per heavy atom. The van der Waals surface area contributed by atoms with E-state index in [4.69, 9.17) is 0 Å². The zero-order valence-corrected chi connectivity index (χ0v) is 24.4. The lowest BCUT2D eigenvalue weighted by atomic mass is 9.63. The van der Waals surface area contributed by atoms with Gasteiger partial charge in [-0.15, -0.1) is 0 Å². The summed E-state index contributed by atoms with van der Waals surface area (Å²) >= 11 is 3.75. The van der Waals surface area contributed by atoms with E-state index in [9.17, 15) is 0 Å². The Bertz CT molecular complexity index is 2270. The number of aromatic nitrogens is 1. The molecule has 0 saturated carbocycles. The molecule has 1 spiro atoms. The van der Waals surface area contributed by atoms with Gasteiger partial charge in [0, 0.05) is 31.2 Å². The summed E-state index contributed by atoms with van der Waals surface area (Å²) in [4.78, 5) is 0. The van der Waals surface area contributed by atoms with E-state index in [0.29, 0.717) is 0 Å². The van der Waals surface area contributed by atoms with Gasteiger partial charge in [0.2, 0.25) is 0 Å². The van der Waals surface area contributed by atoms with Crippen molar-refractivity contribution in [3.05, 3.63) is 166 Å². The first-order valence-electron chi connectivity index (χ1n) is 13.8. The number of benzene rings is 6. The third-order valence-electron chi connectivity index (χ3n) is 9.12. The second-order valence-corrected chi connectivity index (χ2v) is 14.6. The molecule has 0 fully saturated rings. The fourth-order valence-electron chi connectivity index (χ4n) is 7.62. The topological polar surface area (TPSA) is 22.0 Å². The standard InChI is InChI=1S/C37H23BrNOP/c38-24-21-22-30-35(23-24)41(40,25-11-2-1-3-12-25)34-20-9-6-16-29(34)37(30)28-15-5-8-19-33(28)39-32-18-7-4-13-26(32)27-14-10-17-31(37)36(27)39/h1-23H. The highest BCUT2D eigenvalue weighted by Crippen LogP contribution is 2.60. The fourth-order valence-corrected chi connectivity index (χ4v) is 11.3. The minimum absolute atomic E-state index is 0.643. The molecule has 2 atom stereocenters. The molecule has 3 heterocycles. The summed E-state index contributed by atoms with van der Waals surface area (Å²) in [6, 6.07) is 49.1. The van der Waals surface area contributed by atoms with E-state index in [1.807, 2.05) is 36.4 Å². The monoisotopic (exact) mass is 607 g/mol. The van der Waals surface area contributed by atoms with E-state index in [0.717, 1.165) is 37.2 Å². The van der Waals surface area contributed by atoms with Crippen molar-refractivity contribution in [1.82, 2.24) is 4.57 Å². The molecule has 0 aliphatic carbocycles. The SMILES string of the molecule is O=P1(c2ccccc2)c2ccccc2C2(c3ccccc3-n3c4ccccc4c4cccc2c43)c2ccc(Br)cc21. The molecule has 0 N–H and O–H groups in total. The highest BCUT2D eigenvalue weighted by molar-refractivity contribution is 9.10. The summed E-state index contributed by atoms with van der Waals surface area (Å²) in [7, 11) is -3.20. The van der Waals surface area contributed by atoms with Gasteiger partial charge < -0.3 is 9.13 Å². The van der Waals surface area contributed by atoms with Gasteiger partial charge in [-0.05, 0) is 46.5 Å². The maximum atomic E-state index is 15.8. The van der Waals surface area contributed by atoms with Crippen LogP contribution in [0.1, 0.15) is 22.3 Å². The first kappa shape index (κ1) is 23.5. The summed E-state index contributed by atoms with van der Waals surface area (Å²) < 4.78 is 19.1. The normalized spacial score (nSPS) is 20.1. The molecule has 41 heavy (non-hydrogen) atoms. The van der Waals surface area contributed by atoms with Crippen molar-refractivity contribution in [2.24, 2.45) is 0 Å². The van der Waals surface area contributed by atoms with E-state index in [1.165, 1.54) is 32.9 Å². The molecule has 0 saturated heterocycles. The maximum absolute atomic E-state index is 15.8. The predicted molar refractivity (Wildman–Crippen MR) is 173 cm³/mol. The van der Waals surface area contributed by atoms with Crippen molar-refractivity contribution in [3.63, 3.8) is 0 Å². The summed E-state index contributed by atoms with van der Waals surface area (Å²) in [5.41, 5.74) is 7.55. The lowest BCUT2D eigenvalue weighted by molar-refractivity contribution is 0.590. The molecule has 1 aromatic heterocycles.